The van der Waals surface area contributed by atoms with Crippen molar-refractivity contribution in [2.24, 2.45) is 0 Å². The monoisotopic (exact) mass is 379 g/mol. The largest absolute Gasteiger partial charge is 0.452 e. The van der Waals surface area contributed by atoms with E-state index in [4.69, 9.17) is 27.9 Å². The Bertz CT molecular complexity index is 735. The number of ether oxygens (including phenoxy) is 1. The highest BCUT2D eigenvalue weighted by Gasteiger charge is 2.16. The third kappa shape index (κ3) is 6.07. The van der Waals surface area contributed by atoms with Gasteiger partial charge in [-0.3, -0.25) is 4.79 Å². The molecule has 0 fully saturated rings. The standard InChI is InChI=1S/C19H19Cl2NO3/c1-13(10-11-14-6-3-2-4-7-14)22-17(23)12-25-19(24)15-8-5-9-16(20)18(15)21/h2-9,13H,10-12H2,1H3,(H,22,23)/t13-/m1/s1. The van der Waals surface area contributed by atoms with Crippen molar-refractivity contribution in [3.05, 3.63) is 69.7 Å². The molecule has 0 bridgehead atoms. The third-order valence-electron chi connectivity index (χ3n) is 3.62. The maximum Gasteiger partial charge on any atom is 0.340 e. The summed E-state index contributed by atoms with van der Waals surface area (Å²) < 4.78 is 5.00. The van der Waals surface area contributed by atoms with Crippen LogP contribution in [0.25, 0.3) is 0 Å². The Balaban J connectivity index is 1.76. The molecule has 0 unspecified atom stereocenters. The van der Waals surface area contributed by atoms with Gasteiger partial charge in [-0.1, -0.05) is 59.6 Å². The van der Waals surface area contributed by atoms with Gasteiger partial charge in [-0.2, -0.15) is 0 Å². The van der Waals surface area contributed by atoms with E-state index in [2.05, 4.69) is 5.32 Å². The molecule has 0 saturated carbocycles. The van der Waals surface area contributed by atoms with Gasteiger partial charge in [-0.25, -0.2) is 4.79 Å². The van der Waals surface area contributed by atoms with Crippen molar-refractivity contribution in [2.75, 3.05) is 6.61 Å². The van der Waals surface area contributed by atoms with E-state index in [1.165, 1.54) is 11.6 Å². The lowest BCUT2D eigenvalue weighted by atomic mass is 10.1. The number of benzene rings is 2. The lowest BCUT2D eigenvalue weighted by Crippen LogP contribution is -2.36. The molecule has 2 aromatic carbocycles. The molecule has 0 spiro atoms. The Morgan fingerprint density at radius 2 is 1.80 bits per heavy atom. The normalized spacial score (nSPS) is 11.6. The Kier molecular flexibility index (Phi) is 7.29. The summed E-state index contributed by atoms with van der Waals surface area (Å²) in [4.78, 5) is 23.9. The molecule has 0 saturated heterocycles. The molecule has 0 radical (unpaired) electrons. The minimum atomic E-state index is -0.681. The first-order valence-electron chi connectivity index (χ1n) is 7.92. The zero-order valence-electron chi connectivity index (χ0n) is 13.8. The van der Waals surface area contributed by atoms with Crippen LogP contribution in [0.4, 0.5) is 0 Å². The van der Waals surface area contributed by atoms with Crippen LogP contribution in [-0.2, 0) is 16.0 Å². The maximum atomic E-state index is 12.0. The van der Waals surface area contributed by atoms with Crippen LogP contribution in [0.1, 0.15) is 29.3 Å². The summed E-state index contributed by atoms with van der Waals surface area (Å²) in [6, 6.07) is 14.7. The average Bonchev–Trinajstić information content (AvgIpc) is 2.61. The number of amides is 1. The van der Waals surface area contributed by atoms with Crippen molar-refractivity contribution in [1.29, 1.82) is 0 Å². The second-order valence-electron chi connectivity index (χ2n) is 5.67. The lowest BCUT2D eigenvalue weighted by Gasteiger charge is -2.14. The molecule has 2 aromatic rings. The Morgan fingerprint density at radius 3 is 2.52 bits per heavy atom. The molecule has 0 aliphatic carbocycles. The van der Waals surface area contributed by atoms with Gasteiger partial charge in [0.2, 0.25) is 0 Å². The molecule has 0 aliphatic heterocycles. The summed E-state index contributed by atoms with van der Waals surface area (Å²) in [5.41, 5.74) is 1.35. The van der Waals surface area contributed by atoms with Crippen molar-refractivity contribution in [3.8, 4) is 0 Å². The van der Waals surface area contributed by atoms with Crippen LogP contribution in [0.2, 0.25) is 10.0 Å². The fourth-order valence-electron chi connectivity index (χ4n) is 2.29. The quantitative estimate of drug-likeness (QED) is 0.730. The second kappa shape index (κ2) is 9.44. The van der Waals surface area contributed by atoms with Gasteiger partial charge in [0, 0.05) is 6.04 Å². The molecule has 1 amide bonds. The van der Waals surface area contributed by atoms with Crippen molar-refractivity contribution in [3.63, 3.8) is 0 Å². The zero-order valence-corrected chi connectivity index (χ0v) is 15.3. The van der Waals surface area contributed by atoms with Gasteiger partial charge < -0.3 is 10.1 Å². The van der Waals surface area contributed by atoms with Crippen molar-refractivity contribution >= 4 is 35.1 Å². The minimum Gasteiger partial charge on any atom is -0.452 e. The summed E-state index contributed by atoms with van der Waals surface area (Å²) in [6.45, 7) is 1.55. The first kappa shape index (κ1) is 19.3. The number of carbonyl (C=O) groups is 2. The van der Waals surface area contributed by atoms with Crippen LogP contribution in [0.3, 0.4) is 0 Å². The summed E-state index contributed by atoms with van der Waals surface area (Å²) in [5, 5.41) is 3.18. The molecule has 0 heterocycles. The number of rotatable bonds is 7. The van der Waals surface area contributed by atoms with Crippen molar-refractivity contribution < 1.29 is 14.3 Å². The van der Waals surface area contributed by atoms with Crippen LogP contribution in [-0.4, -0.2) is 24.5 Å². The van der Waals surface area contributed by atoms with Crippen LogP contribution < -0.4 is 5.32 Å². The topological polar surface area (TPSA) is 55.4 Å². The molecule has 2 rings (SSSR count). The molecule has 1 atom stereocenters. The Hall–Kier alpha value is -2.04. The highest BCUT2D eigenvalue weighted by atomic mass is 35.5. The van der Waals surface area contributed by atoms with Gasteiger partial charge in [-0.05, 0) is 37.5 Å². The Labute approximate surface area is 157 Å². The van der Waals surface area contributed by atoms with Crippen molar-refractivity contribution in [1.82, 2.24) is 5.32 Å². The minimum absolute atomic E-state index is 0.0267. The first-order chi connectivity index (χ1) is 12.0. The summed E-state index contributed by atoms with van der Waals surface area (Å²) in [6.07, 6.45) is 1.66. The predicted octanol–water partition coefficient (Wildman–Crippen LogP) is 4.29. The average molecular weight is 380 g/mol. The number of esters is 1. The number of halogens is 2. The number of aryl methyl sites for hydroxylation is 1. The van der Waals surface area contributed by atoms with Gasteiger partial charge in [0.25, 0.3) is 5.91 Å². The molecular weight excluding hydrogens is 361 g/mol. The maximum absolute atomic E-state index is 12.0. The third-order valence-corrected chi connectivity index (χ3v) is 4.44. The predicted molar refractivity (Wildman–Crippen MR) is 99.1 cm³/mol. The molecule has 1 N–H and O–H groups in total. The van der Waals surface area contributed by atoms with E-state index >= 15 is 0 Å². The van der Waals surface area contributed by atoms with E-state index in [0.29, 0.717) is 0 Å². The highest BCUT2D eigenvalue weighted by Crippen LogP contribution is 2.25. The van der Waals surface area contributed by atoms with Gasteiger partial charge >= 0.3 is 5.97 Å². The van der Waals surface area contributed by atoms with Gasteiger partial charge in [0.05, 0.1) is 15.6 Å². The van der Waals surface area contributed by atoms with Crippen LogP contribution in [0.5, 0.6) is 0 Å². The van der Waals surface area contributed by atoms with E-state index in [-0.39, 0.29) is 34.2 Å². The number of hydrogen-bond acceptors (Lipinski definition) is 3. The number of hydrogen-bond donors (Lipinski definition) is 1. The summed E-state index contributed by atoms with van der Waals surface area (Å²) >= 11 is 11.8. The Morgan fingerprint density at radius 1 is 1.08 bits per heavy atom. The molecule has 0 aliphatic rings. The van der Waals surface area contributed by atoms with Gasteiger partial charge in [0.1, 0.15) is 0 Å². The lowest BCUT2D eigenvalue weighted by molar-refractivity contribution is -0.124. The van der Waals surface area contributed by atoms with Gasteiger partial charge in [-0.15, -0.1) is 0 Å². The van der Waals surface area contributed by atoms with E-state index in [1.54, 1.807) is 12.1 Å². The molecular formula is C19H19Cl2NO3. The smallest absolute Gasteiger partial charge is 0.340 e. The van der Waals surface area contributed by atoms with Crippen LogP contribution in [0, 0.1) is 0 Å². The summed E-state index contributed by atoms with van der Waals surface area (Å²) in [7, 11) is 0. The zero-order chi connectivity index (χ0) is 18.2. The van der Waals surface area contributed by atoms with E-state index in [0.717, 1.165) is 12.8 Å². The van der Waals surface area contributed by atoms with E-state index in [1.807, 2.05) is 37.3 Å². The summed E-state index contributed by atoms with van der Waals surface area (Å²) in [5.74, 6) is -1.04. The molecule has 25 heavy (non-hydrogen) atoms. The molecule has 4 nitrogen and oxygen atoms in total. The van der Waals surface area contributed by atoms with Crippen LogP contribution in [0.15, 0.2) is 48.5 Å². The molecule has 0 aromatic heterocycles. The highest BCUT2D eigenvalue weighted by molar-refractivity contribution is 6.43. The fraction of sp³-hybridized carbons (Fsp3) is 0.263. The number of carbonyl (C=O) groups excluding carboxylic acids is 2. The first-order valence-corrected chi connectivity index (χ1v) is 8.67. The number of nitrogens with one attached hydrogen (secondary N) is 1. The van der Waals surface area contributed by atoms with Crippen molar-refractivity contribution in [2.45, 2.75) is 25.8 Å². The van der Waals surface area contributed by atoms with Gasteiger partial charge in [0.15, 0.2) is 6.61 Å². The SMILES string of the molecule is C[C@H](CCc1ccccc1)NC(=O)COC(=O)c1cccc(Cl)c1Cl. The molecule has 132 valence electrons. The molecule has 6 heteroatoms. The van der Waals surface area contributed by atoms with E-state index < -0.39 is 5.97 Å². The second-order valence-corrected chi connectivity index (χ2v) is 6.46. The fourth-order valence-corrected chi connectivity index (χ4v) is 2.66. The van der Waals surface area contributed by atoms with Crippen LogP contribution >= 0.6 is 23.2 Å². The van der Waals surface area contributed by atoms with E-state index in [9.17, 15) is 9.59 Å².